The van der Waals surface area contributed by atoms with Crippen LogP contribution in [0.3, 0.4) is 0 Å². The lowest BCUT2D eigenvalue weighted by Gasteiger charge is -2.14. The summed E-state index contributed by atoms with van der Waals surface area (Å²) < 4.78 is 19.7. The van der Waals surface area contributed by atoms with Gasteiger partial charge in [0, 0.05) is 21.8 Å². The second-order valence-corrected chi connectivity index (χ2v) is 5.29. The molecular formula is C14H12BrFN2OS. The number of thiocarbonyl (C=S) groups is 1. The van der Waals surface area contributed by atoms with Gasteiger partial charge in [0.25, 0.3) is 0 Å². The molecule has 104 valence electrons. The third-order valence-corrected chi connectivity index (χ3v) is 3.57. The van der Waals surface area contributed by atoms with Gasteiger partial charge in [-0.1, -0.05) is 18.3 Å². The zero-order valence-corrected chi connectivity index (χ0v) is 13.0. The average Bonchev–Trinajstić information content (AvgIpc) is 2.41. The smallest absolute Gasteiger partial charge is 0.146 e. The van der Waals surface area contributed by atoms with E-state index in [0.29, 0.717) is 22.7 Å². The van der Waals surface area contributed by atoms with E-state index in [1.165, 1.54) is 13.2 Å². The van der Waals surface area contributed by atoms with Crippen LogP contribution in [0.5, 0.6) is 5.75 Å². The van der Waals surface area contributed by atoms with Crippen LogP contribution in [-0.4, -0.2) is 12.1 Å². The summed E-state index contributed by atoms with van der Waals surface area (Å²) in [5, 5.41) is 2.99. The van der Waals surface area contributed by atoms with Gasteiger partial charge >= 0.3 is 0 Å². The number of nitrogens with two attached hydrogens (primary N) is 1. The molecule has 0 aliphatic carbocycles. The standard InChI is InChI=1S/C14H12BrFN2OS/c1-19-8-5-6-10(16)12(7-8)18-11-4-2-3-9(15)13(11)14(17)20/h2-7,18H,1H3,(H2,17,20). The van der Waals surface area contributed by atoms with E-state index in [1.54, 1.807) is 18.2 Å². The van der Waals surface area contributed by atoms with Crippen molar-refractivity contribution in [2.24, 2.45) is 5.73 Å². The van der Waals surface area contributed by atoms with Crippen molar-refractivity contribution in [3.8, 4) is 5.75 Å². The van der Waals surface area contributed by atoms with Gasteiger partial charge in [-0.15, -0.1) is 0 Å². The SMILES string of the molecule is COc1ccc(F)c(Nc2cccc(Br)c2C(N)=S)c1. The summed E-state index contributed by atoms with van der Waals surface area (Å²) in [7, 11) is 1.52. The average molecular weight is 355 g/mol. The van der Waals surface area contributed by atoms with Crippen molar-refractivity contribution in [3.63, 3.8) is 0 Å². The Bertz CT molecular complexity index is 664. The molecule has 0 spiro atoms. The molecule has 3 nitrogen and oxygen atoms in total. The number of rotatable bonds is 4. The fourth-order valence-electron chi connectivity index (χ4n) is 1.75. The normalized spacial score (nSPS) is 10.2. The number of benzene rings is 2. The lowest BCUT2D eigenvalue weighted by atomic mass is 10.1. The van der Waals surface area contributed by atoms with Gasteiger partial charge in [0.15, 0.2) is 0 Å². The van der Waals surface area contributed by atoms with Crippen LogP contribution < -0.4 is 15.8 Å². The summed E-state index contributed by atoms with van der Waals surface area (Å²) in [5.74, 6) is 0.167. The highest BCUT2D eigenvalue weighted by Gasteiger charge is 2.12. The number of methoxy groups -OCH3 is 1. The molecule has 0 bridgehead atoms. The van der Waals surface area contributed by atoms with E-state index in [-0.39, 0.29) is 10.8 Å². The van der Waals surface area contributed by atoms with Crippen molar-refractivity contribution < 1.29 is 9.13 Å². The van der Waals surface area contributed by atoms with Crippen LogP contribution in [0.4, 0.5) is 15.8 Å². The molecule has 0 aliphatic rings. The van der Waals surface area contributed by atoms with Crippen molar-refractivity contribution >= 4 is 44.5 Å². The van der Waals surface area contributed by atoms with Crippen LogP contribution in [0.1, 0.15) is 5.56 Å². The number of hydrogen-bond donors (Lipinski definition) is 2. The summed E-state index contributed by atoms with van der Waals surface area (Å²) >= 11 is 8.41. The topological polar surface area (TPSA) is 47.3 Å². The molecule has 2 rings (SSSR count). The summed E-state index contributed by atoms with van der Waals surface area (Å²) in [4.78, 5) is 0.225. The van der Waals surface area contributed by atoms with Crippen LogP contribution in [-0.2, 0) is 0 Å². The Kier molecular flexibility index (Phi) is 4.57. The molecule has 0 aliphatic heterocycles. The second-order valence-electron chi connectivity index (χ2n) is 4.00. The highest BCUT2D eigenvalue weighted by atomic mass is 79.9. The molecular weight excluding hydrogens is 343 g/mol. The van der Waals surface area contributed by atoms with E-state index in [9.17, 15) is 4.39 Å². The van der Waals surface area contributed by atoms with Crippen molar-refractivity contribution in [1.82, 2.24) is 0 Å². The maximum absolute atomic E-state index is 13.8. The van der Waals surface area contributed by atoms with E-state index < -0.39 is 0 Å². The van der Waals surface area contributed by atoms with E-state index in [1.807, 2.05) is 12.1 Å². The molecule has 0 fully saturated rings. The highest BCUT2D eigenvalue weighted by molar-refractivity contribution is 9.10. The molecule has 2 aromatic rings. The monoisotopic (exact) mass is 354 g/mol. The molecule has 0 saturated carbocycles. The first-order valence-corrected chi connectivity index (χ1v) is 6.92. The number of ether oxygens (including phenoxy) is 1. The van der Waals surface area contributed by atoms with Crippen LogP contribution in [0.25, 0.3) is 0 Å². The first-order valence-electron chi connectivity index (χ1n) is 5.72. The molecule has 0 amide bonds. The predicted octanol–water partition coefficient (Wildman–Crippen LogP) is 3.97. The van der Waals surface area contributed by atoms with Crippen LogP contribution >= 0.6 is 28.1 Å². The van der Waals surface area contributed by atoms with Gasteiger partial charge in [0.2, 0.25) is 0 Å². The zero-order chi connectivity index (χ0) is 14.7. The van der Waals surface area contributed by atoms with E-state index in [0.717, 1.165) is 4.47 Å². The fourth-order valence-corrected chi connectivity index (χ4v) is 2.68. The van der Waals surface area contributed by atoms with Crippen LogP contribution in [0, 0.1) is 5.82 Å². The molecule has 2 aromatic carbocycles. The third kappa shape index (κ3) is 3.08. The molecule has 6 heteroatoms. The maximum atomic E-state index is 13.8. The van der Waals surface area contributed by atoms with E-state index >= 15 is 0 Å². The first-order chi connectivity index (χ1) is 9.52. The van der Waals surface area contributed by atoms with Gasteiger partial charge in [0.1, 0.15) is 16.6 Å². The number of halogens is 2. The Morgan fingerprint density at radius 3 is 2.70 bits per heavy atom. The Balaban J connectivity index is 2.45. The van der Waals surface area contributed by atoms with E-state index in [2.05, 4.69) is 21.2 Å². The minimum atomic E-state index is -0.389. The quantitative estimate of drug-likeness (QED) is 0.815. The molecule has 20 heavy (non-hydrogen) atoms. The largest absolute Gasteiger partial charge is 0.497 e. The minimum absolute atomic E-state index is 0.225. The Morgan fingerprint density at radius 2 is 2.05 bits per heavy atom. The molecule has 0 radical (unpaired) electrons. The Hall–Kier alpha value is -1.66. The Labute approximate surface area is 130 Å². The van der Waals surface area contributed by atoms with Gasteiger partial charge in [-0.05, 0) is 40.2 Å². The fraction of sp³-hybridized carbons (Fsp3) is 0.0714. The summed E-state index contributed by atoms with van der Waals surface area (Å²) in [6.45, 7) is 0. The number of nitrogens with one attached hydrogen (secondary N) is 1. The molecule has 0 atom stereocenters. The summed E-state index contributed by atoms with van der Waals surface area (Å²) in [6, 6.07) is 9.86. The first kappa shape index (κ1) is 14.7. The van der Waals surface area contributed by atoms with Gasteiger partial charge in [0.05, 0.1) is 12.8 Å². The van der Waals surface area contributed by atoms with Gasteiger partial charge in [-0.25, -0.2) is 4.39 Å². The minimum Gasteiger partial charge on any atom is -0.497 e. The third-order valence-electron chi connectivity index (χ3n) is 2.70. The van der Waals surface area contributed by atoms with Crippen molar-refractivity contribution in [1.29, 1.82) is 0 Å². The summed E-state index contributed by atoms with van der Waals surface area (Å²) in [5.41, 5.74) is 7.25. The van der Waals surface area contributed by atoms with Gasteiger partial charge in [-0.2, -0.15) is 0 Å². The van der Waals surface area contributed by atoms with Crippen LogP contribution in [0.15, 0.2) is 40.9 Å². The zero-order valence-electron chi connectivity index (χ0n) is 10.6. The highest BCUT2D eigenvalue weighted by Crippen LogP contribution is 2.30. The van der Waals surface area contributed by atoms with E-state index in [4.69, 9.17) is 22.7 Å². The van der Waals surface area contributed by atoms with Crippen molar-refractivity contribution in [2.75, 3.05) is 12.4 Å². The number of hydrogen-bond acceptors (Lipinski definition) is 3. The molecule has 3 N–H and O–H groups in total. The van der Waals surface area contributed by atoms with Crippen LogP contribution in [0.2, 0.25) is 0 Å². The molecule has 0 saturated heterocycles. The lowest BCUT2D eigenvalue weighted by Crippen LogP contribution is -2.13. The molecule has 0 heterocycles. The predicted molar refractivity (Wildman–Crippen MR) is 86.3 cm³/mol. The summed E-state index contributed by atoms with van der Waals surface area (Å²) in [6.07, 6.45) is 0. The van der Waals surface area contributed by atoms with Gasteiger partial charge in [-0.3, -0.25) is 0 Å². The van der Waals surface area contributed by atoms with Crippen molar-refractivity contribution in [3.05, 3.63) is 52.3 Å². The molecule has 0 unspecified atom stereocenters. The van der Waals surface area contributed by atoms with Crippen molar-refractivity contribution in [2.45, 2.75) is 0 Å². The lowest BCUT2D eigenvalue weighted by molar-refractivity contribution is 0.414. The maximum Gasteiger partial charge on any atom is 0.146 e. The number of anilines is 2. The molecule has 0 aromatic heterocycles. The van der Waals surface area contributed by atoms with Gasteiger partial charge < -0.3 is 15.8 Å². The second kappa shape index (κ2) is 6.19. The Morgan fingerprint density at radius 1 is 1.30 bits per heavy atom.